The van der Waals surface area contributed by atoms with Crippen molar-refractivity contribution in [3.8, 4) is 5.75 Å². The maximum Gasteiger partial charge on any atom is 0.221 e. The first kappa shape index (κ1) is 17.5. The number of nitrogens with zero attached hydrogens (tertiary/aromatic N) is 1. The molecule has 3 atom stereocenters. The zero-order valence-electron chi connectivity index (χ0n) is 14.0. The Bertz CT molecular complexity index is 690. The number of benzene rings is 1. The van der Waals surface area contributed by atoms with Crippen molar-refractivity contribution >= 4 is 5.91 Å². The van der Waals surface area contributed by atoms with E-state index in [1.54, 1.807) is 12.1 Å². The van der Waals surface area contributed by atoms with E-state index in [1.165, 1.54) is 12.1 Å². The first-order valence-electron chi connectivity index (χ1n) is 8.59. The van der Waals surface area contributed by atoms with Gasteiger partial charge in [0.15, 0.2) is 0 Å². The van der Waals surface area contributed by atoms with E-state index in [2.05, 4.69) is 5.32 Å². The monoisotopic (exact) mass is 346 g/mol. The molecule has 0 spiro atoms. The molecule has 1 aliphatic rings. The molecule has 6 heteroatoms. The third-order valence-electron chi connectivity index (χ3n) is 4.59. The van der Waals surface area contributed by atoms with Crippen LogP contribution >= 0.6 is 0 Å². The Labute approximate surface area is 146 Å². The number of aliphatic hydroxyl groups excluding tert-OH is 1. The molecule has 3 rings (SSSR count). The third-order valence-corrected chi connectivity index (χ3v) is 4.59. The van der Waals surface area contributed by atoms with Crippen LogP contribution in [-0.4, -0.2) is 34.3 Å². The Hall–Kier alpha value is -2.34. The molecule has 5 nitrogen and oxygen atoms in total. The summed E-state index contributed by atoms with van der Waals surface area (Å²) in [7, 11) is 0. The minimum atomic E-state index is -0.673. The molecule has 25 heavy (non-hydrogen) atoms. The summed E-state index contributed by atoms with van der Waals surface area (Å²) in [6, 6.07) is 9.75. The highest BCUT2D eigenvalue weighted by Crippen LogP contribution is 2.29. The molecule has 1 fully saturated rings. The Kier molecular flexibility index (Phi) is 5.71. The van der Waals surface area contributed by atoms with E-state index in [0.29, 0.717) is 31.7 Å². The molecular weight excluding hydrogens is 323 g/mol. The molecule has 0 bridgehead atoms. The zero-order chi connectivity index (χ0) is 17.6. The third kappa shape index (κ3) is 4.82. The van der Waals surface area contributed by atoms with E-state index < -0.39 is 6.10 Å². The van der Waals surface area contributed by atoms with Crippen LogP contribution in [0.2, 0.25) is 0 Å². The van der Waals surface area contributed by atoms with Crippen molar-refractivity contribution < 1.29 is 19.0 Å². The molecule has 134 valence electrons. The second-order valence-corrected chi connectivity index (χ2v) is 6.42. The number of rotatable bonds is 7. The molecule has 2 aromatic rings. The fraction of sp³-hybridized carbons (Fsp3) is 0.421. The number of aromatic nitrogens is 1. The van der Waals surface area contributed by atoms with E-state index in [1.807, 2.05) is 29.1 Å². The van der Waals surface area contributed by atoms with Crippen molar-refractivity contribution in [3.05, 3.63) is 54.6 Å². The Morgan fingerprint density at radius 1 is 1.28 bits per heavy atom. The molecule has 2 N–H and O–H groups in total. The minimum Gasteiger partial charge on any atom is -0.488 e. The molecule has 1 saturated carbocycles. The Balaban J connectivity index is 1.42. The predicted octanol–water partition coefficient (Wildman–Crippen LogP) is 2.35. The van der Waals surface area contributed by atoms with Crippen molar-refractivity contribution in [2.75, 3.05) is 6.54 Å². The SMILES string of the molecule is O=C(CCn1cccc1)NC[C@H]1CC[C@@H](Oc2cccc(F)c2)[C@@H]1O. The molecular formula is C19H23FN2O3. The van der Waals surface area contributed by atoms with E-state index in [4.69, 9.17) is 4.74 Å². The van der Waals surface area contributed by atoms with Gasteiger partial charge in [0.2, 0.25) is 5.91 Å². The van der Waals surface area contributed by atoms with E-state index in [-0.39, 0.29) is 23.7 Å². The van der Waals surface area contributed by atoms with Gasteiger partial charge in [0.1, 0.15) is 17.7 Å². The van der Waals surface area contributed by atoms with Gasteiger partial charge < -0.3 is 19.7 Å². The maximum atomic E-state index is 13.2. The van der Waals surface area contributed by atoms with Gasteiger partial charge in [-0.05, 0) is 37.1 Å². The summed E-state index contributed by atoms with van der Waals surface area (Å²) in [5.41, 5.74) is 0. The van der Waals surface area contributed by atoms with Crippen molar-refractivity contribution in [3.63, 3.8) is 0 Å². The van der Waals surface area contributed by atoms with Gasteiger partial charge in [-0.15, -0.1) is 0 Å². The summed E-state index contributed by atoms with van der Waals surface area (Å²) in [6.07, 6.45) is 4.64. The lowest BCUT2D eigenvalue weighted by atomic mass is 10.1. The number of hydrogen-bond donors (Lipinski definition) is 2. The second-order valence-electron chi connectivity index (χ2n) is 6.42. The van der Waals surface area contributed by atoms with E-state index in [0.717, 1.165) is 6.42 Å². The minimum absolute atomic E-state index is 0.0320. The number of nitrogens with one attached hydrogen (secondary N) is 1. The number of aryl methyl sites for hydroxylation is 1. The van der Waals surface area contributed by atoms with Crippen LogP contribution in [0.25, 0.3) is 0 Å². The fourth-order valence-corrected chi connectivity index (χ4v) is 3.17. The summed E-state index contributed by atoms with van der Waals surface area (Å²) < 4.78 is 20.9. The zero-order valence-corrected chi connectivity index (χ0v) is 14.0. The summed E-state index contributed by atoms with van der Waals surface area (Å²) >= 11 is 0. The smallest absolute Gasteiger partial charge is 0.221 e. The topological polar surface area (TPSA) is 63.5 Å². The maximum absolute atomic E-state index is 13.2. The largest absolute Gasteiger partial charge is 0.488 e. The average molecular weight is 346 g/mol. The molecule has 1 aromatic carbocycles. The van der Waals surface area contributed by atoms with Crippen LogP contribution in [-0.2, 0) is 11.3 Å². The van der Waals surface area contributed by atoms with Crippen LogP contribution in [0.5, 0.6) is 5.75 Å². The van der Waals surface area contributed by atoms with Gasteiger partial charge in [-0.3, -0.25) is 4.79 Å². The van der Waals surface area contributed by atoms with Gasteiger partial charge in [0, 0.05) is 43.9 Å². The van der Waals surface area contributed by atoms with Gasteiger partial charge in [0.05, 0.1) is 6.10 Å². The quantitative estimate of drug-likeness (QED) is 0.809. The molecule has 1 amide bonds. The van der Waals surface area contributed by atoms with Crippen LogP contribution in [0.3, 0.4) is 0 Å². The number of carbonyl (C=O) groups excluding carboxylic acids is 1. The molecule has 1 aliphatic carbocycles. The van der Waals surface area contributed by atoms with Crippen LogP contribution in [0.1, 0.15) is 19.3 Å². The molecule has 0 radical (unpaired) electrons. The Morgan fingerprint density at radius 3 is 2.84 bits per heavy atom. The molecule has 0 unspecified atom stereocenters. The lowest BCUT2D eigenvalue weighted by Crippen LogP contribution is -2.37. The van der Waals surface area contributed by atoms with Gasteiger partial charge >= 0.3 is 0 Å². The molecule has 1 aromatic heterocycles. The summed E-state index contributed by atoms with van der Waals surface area (Å²) in [5, 5.41) is 13.3. The number of hydrogen-bond acceptors (Lipinski definition) is 3. The van der Waals surface area contributed by atoms with Crippen molar-refractivity contribution in [1.29, 1.82) is 0 Å². The first-order chi connectivity index (χ1) is 12.1. The summed E-state index contributed by atoms with van der Waals surface area (Å²) in [6.45, 7) is 1.06. The molecule has 0 saturated heterocycles. The standard InChI is InChI=1S/C19H23FN2O3/c20-15-4-3-5-16(12-15)25-17-7-6-14(19(17)24)13-21-18(23)8-11-22-9-1-2-10-22/h1-5,9-10,12,14,17,19,24H,6-8,11,13H2,(H,21,23)/t14-,17-,19-/m1/s1. The lowest BCUT2D eigenvalue weighted by Gasteiger charge is -2.21. The first-order valence-corrected chi connectivity index (χ1v) is 8.59. The molecule has 0 aliphatic heterocycles. The Morgan fingerprint density at radius 2 is 2.08 bits per heavy atom. The van der Waals surface area contributed by atoms with Crippen molar-refractivity contribution in [2.24, 2.45) is 5.92 Å². The highest BCUT2D eigenvalue weighted by atomic mass is 19.1. The predicted molar refractivity (Wildman–Crippen MR) is 91.6 cm³/mol. The average Bonchev–Trinajstić information content (AvgIpc) is 3.22. The van der Waals surface area contributed by atoms with Gasteiger partial charge in [-0.1, -0.05) is 6.07 Å². The van der Waals surface area contributed by atoms with E-state index in [9.17, 15) is 14.3 Å². The highest BCUT2D eigenvalue weighted by molar-refractivity contribution is 5.75. The fourth-order valence-electron chi connectivity index (χ4n) is 3.17. The van der Waals surface area contributed by atoms with Gasteiger partial charge in [-0.25, -0.2) is 4.39 Å². The highest BCUT2D eigenvalue weighted by Gasteiger charge is 2.36. The van der Waals surface area contributed by atoms with Crippen LogP contribution in [0.15, 0.2) is 48.8 Å². The van der Waals surface area contributed by atoms with Crippen LogP contribution in [0.4, 0.5) is 4.39 Å². The number of ether oxygens (including phenoxy) is 1. The van der Waals surface area contributed by atoms with Gasteiger partial charge in [-0.2, -0.15) is 0 Å². The summed E-state index contributed by atoms with van der Waals surface area (Å²) in [4.78, 5) is 11.9. The van der Waals surface area contributed by atoms with Gasteiger partial charge in [0.25, 0.3) is 0 Å². The van der Waals surface area contributed by atoms with E-state index >= 15 is 0 Å². The number of carbonyl (C=O) groups is 1. The number of amides is 1. The number of halogens is 1. The molecule has 1 heterocycles. The normalized spacial score (nSPS) is 22.7. The van der Waals surface area contributed by atoms with Crippen molar-refractivity contribution in [1.82, 2.24) is 9.88 Å². The lowest BCUT2D eigenvalue weighted by molar-refractivity contribution is -0.121. The second kappa shape index (κ2) is 8.16. The van der Waals surface area contributed by atoms with Crippen LogP contribution < -0.4 is 10.1 Å². The number of aliphatic hydroxyl groups is 1. The van der Waals surface area contributed by atoms with Crippen LogP contribution in [0, 0.1) is 11.7 Å². The summed E-state index contributed by atoms with van der Waals surface area (Å²) in [5.74, 6) is -0.0264. The van der Waals surface area contributed by atoms with Crippen molar-refractivity contribution in [2.45, 2.75) is 38.0 Å².